The number of morpholine rings is 1. The molecule has 1 amide bonds. The molecule has 1 fully saturated rings. The van der Waals surface area contributed by atoms with E-state index >= 15 is 0 Å². The molecule has 2 rings (SSSR count). The van der Waals surface area contributed by atoms with E-state index in [0.29, 0.717) is 38.2 Å². The standard InChI is InChI=1S/C23H32FN3O4/c1-17-15-27(16-29)18(2)23(31-17)20(12-19-4-6-21(24)7-5-19)13-26-14-22(30)8-10-25-9-3-11-28/h4-8,13,16-18,25,28,30H,3,9-12,14-15H2,1-2H3/b22-8-,23-20+,26-13?. The van der Waals surface area contributed by atoms with Crippen LogP contribution in [0.25, 0.3) is 0 Å². The Bertz CT molecular complexity index is 793. The number of carbonyl (C=O) groups excluding carboxylic acids is 1. The average Bonchev–Trinajstić information content (AvgIpc) is 2.75. The van der Waals surface area contributed by atoms with Crippen molar-refractivity contribution in [3.8, 4) is 0 Å². The third-order valence-electron chi connectivity index (χ3n) is 4.93. The molecular weight excluding hydrogens is 401 g/mol. The van der Waals surface area contributed by atoms with Crippen molar-refractivity contribution in [2.24, 2.45) is 4.99 Å². The van der Waals surface area contributed by atoms with Crippen LogP contribution in [0.5, 0.6) is 0 Å². The Labute approximate surface area is 182 Å². The molecule has 0 aromatic heterocycles. The smallest absolute Gasteiger partial charge is 0.210 e. The molecule has 1 heterocycles. The average molecular weight is 434 g/mol. The van der Waals surface area contributed by atoms with E-state index in [9.17, 15) is 14.3 Å². The van der Waals surface area contributed by atoms with E-state index in [1.54, 1.807) is 29.3 Å². The maximum Gasteiger partial charge on any atom is 0.210 e. The first kappa shape index (κ1) is 24.6. The molecule has 1 aromatic rings. The van der Waals surface area contributed by atoms with Gasteiger partial charge in [-0.15, -0.1) is 0 Å². The summed E-state index contributed by atoms with van der Waals surface area (Å²) >= 11 is 0. The molecule has 3 N–H and O–H groups in total. The zero-order valence-electron chi connectivity index (χ0n) is 18.1. The second-order valence-electron chi connectivity index (χ2n) is 7.55. The van der Waals surface area contributed by atoms with Crippen LogP contribution in [0.3, 0.4) is 0 Å². The first-order valence-corrected chi connectivity index (χ1v) is 10.5. The Balaban J connectivity index is 2.17. The molecule has 2 unspecified atom stereocenters. The Morgan fingerprint density at radius 2 is 2.10 bits per heavy atom. The molecule has 0 bridgehead atoms. The van der Waals surface area contributed by atoms with Gasteiger partial charge in [0.05, 0.1) is 19.1 Å². The van der Waals surface area contributed by atoms with Gasteiger partial charge in [0.15, 0.2) is 0 Å². The number of rotatable bonds is 11. The van der Waals surface area contributed by atoms with E-state index in [-0.39, 0.29) is 36.9 Å². The highest BCUT2D eigenvalue weighted by molar-refractivity contribution is 5.80. The fraction of sp³-hybridized carbons (Fsp3) is 0.478. The molecule has 0 saturated carbocycles. The van der Waals surface area contributed by atoms with Crippen molar-refractivity contribution in [2.45, 2.75) is 38.8 Å². The van der Waals surface area contributed by atoms with Crippen molar-refractivity contribution in [3.63, 3.8) is 0 Å². The lowest BCUT2D eigenvalue weighted by atomic mass is 10.0. The van der Waals surface area contributed by atoms with E-state index < -0.39 is 0 Å². The molecule has 0 radical (unpaired) electrons. The highest BCUT2D eigenvalue weighted by Crippen LogP contribution is 2.25. The summed E-state index contributed by atoms with van der Waals surface area (Å²) in [6, 6.07) is 5.95. The number of nitrogens with zero attached hydrogens (tertiary/aromatic N) is 2. The molecule has 7 nitrogen and oxygen atoms in total. The molecule has 1 aliphatic rings. The van der Waals surface area contributed by atoms with Gasteiger partial charge in [-0.1, -0.05) is 12.1 Å². The number of hydrogen-bond acceptors (Lipinski definition) is 6. The van der Waals surface area contributed by atoms with Gasteiger partial charge in [-0.05, 0) is 50.6 Å². The summed E-state index contributed by atoms with van der Waals surface area (Å²) in [6.45, 7) is 5.66. The fourth-order valence-corrected chi connectivity index (χ4v) is 3.26. The number of aliphatic hydroxyl groups is 2. The number of aliphatic imine (C=N–C) groups is 1. The van der Waals surface area contributed by atoms with Gasteiger partial charge < -0.3 is 25.2 Å². The molecule has 0 aliphatic carbocycles. The molecule has 2 atom stereocenters. The summed E-state index contributed by atoms with van der Waals surface area (Å²) in [5.41, 5.74) is 1.65. The van der Waals surface area contributed by atoms with Gasteiger partial charge >= 0.3 is 0 Å². The summed E-state index contributed by atoms with van der Waals surface area (Å²) in [6.07, 6.45) is 5.05. The third-order valence-corrected chi connectivity index (χ3v) is 4.93. The molecule has 1 saturated heterocycles. The van der Waals surface area contributed by atoms with Gasteiger partial charge in [-0.3, -0.25) is 9.79 Å². The second-order valence-corrected chi connectivity index (χ2v) is 7.55. The Kier molecular flexibility index (Phi) is 10.2. The first-order valence-electron chi connectivity index (χ1n) is 10.5. The zero-order chi connectivity index (χ0) is 22.6. The minimum atomic E-state index is -0.308. The van der Waals surface area contributed by atoms with Crippen LogP contribution in [0.4, 0.5) is 4.39 Å². The highest BCUT2D eigenvalue weighted by atomic mass is 19.1. The SMILES string of the molecule is CC1CN(C=O)C(C)/C(=C(\C=NC/C(O)=C/CNCCCO)Cc2ccc(F)cc2)O1. The van der Waals surface area contributed by atoms with Gasteiger partial charge in [0.2, 0.25) is 6.41 Å². The van der Waals surface area contributed by atoms with E-state index in [2.05, 4.69) is 10.3 Å². The predicted octanol–water partition coefficient (Wildman–Crippen LogP) is 2.37. The van der Waals surface area contributed by atoms with Crippen LogP contribution < -0.4 is 5.32 Å². The van der Waals surface area contributed by atoms with Crippen molar-refractivity contribution >= 4 is 12.6 Å². The number of carbonyl (C=O) groups is 1. The quantitative estimate of drug-likeness (QED) is 0.216. The molecule has 31 heavy (non-hydrogen) atoms. The number of nitrogens with one attached hydrogen (secondary N) is 1. The molecule has 1 aromatic carbocycles. The van der Waals surface area contributed by atoms with E-state index in [4.69, 9.17) is 9.84 Å². The van der Waals surface area contributed by atoms with Crippen molar-refractivity contribution in [1.82, 2.24) is 10.2 Å². The predicted molar refractivity (Wildman–Crippen MR) is 119 cm³/mol. The monoisotopic (exact) mass is 433 g/mol. The minimum absolute atomic E-state index is 0.100. The number of hydrogen-bond donors (Lipinski definition) is 3. The summed E-state index contributed by atoms with van der Waals surface area (Å²) < 4.78 is 19.3. The van der Waals surface area contributed by atoms with E-state index in [0.717, 1.165) is 17.5 Å². The molecule has 0 spiro atoms. The summed E-state index contributed by atoms with van der Waals surface area (Å²) in [5, 5.41) is 21.9. The molecule has 8 heteroatoms. The van der Waals surface area contributed by atoms with Crippen LogP contribution in [-0.4, -0.2) is 72.7 Å². The summed E-state index contributed by atoms with van der Waals surface area (Å²) in [5.74, 6) is 0.463. The number of allylic oxidation sites excluding steroid dienone is 1. The van der Waals surface area contributed by atoms with Crippen LogP contribution in [0.2, 0.25) is 0 Å². The molecule has 1 aliphatic heterocycles. The second kappa shape index (κ2) is 12.9. The van der Waals surface area contributed by atoms with Crippen LogP contribution in [0.1, 0.15) is 25.8 Å². The highest BCUT2D eigenvalue weighted by Gasteiger charge is 2.29. The van der Waals surface area contributed by atoms with E-state index in [1.807, 2.05) is 13.8 Å². The molecular formula is C23H32FN3O4. The lowest BCUT2D eigenvalue weighted by Gasteiger charge is -2.37. The largest absolute Gasteiger partial charge is 0.511 e. The summed E-state index contributed by atoms with van der Waals surface area (Å²) in [7, 11) is 0. The Morgan fingerprint density at radius 1 is 1.35 bits per heavy atom. The first-order chi connectivity index (χ1) is 14.9. The van der Waals surface area contributed by atoms with Gasteiger partial charge in [0, 0.05) is 31.4 Å². The number of halogens is 1. The zero-order valence-corrected chi connectivity index (χ0v) is 18.1. The summed E-state index contributed by atoms with van der Waals surface area (Å²) in [4.78, 5) is 17.5. The van der Waals surface area contributed by atoms with Gasteiger partial charge in [0.25, 0.3) is 0 Å². The normalized spacial score (nSPS) is 21.3. The maximum atomic E-state index is 13.3. The van der Waals surface area contributed by atoms with E-state index in [1.165, 1.54) is 12.1 Å². The molecule has 170 valence electrons. The van der Waals surface area contributed by atoms with Crippen LogP contribution in [-0.2, 0) is 16.0 Å². The lowest BCUT2D eigenvalue weighted by Crippen LogP contribution is -2.45. The van der Waals surface area contributed by atoms with Crippen LogP contribution >= 0.6 is 0 Å². The topological polar surface area (TPSA) is 94.4 Å². The van der Waals surface area contributed by atoms with Crippen molar-refractivity contribution in [3.05, 3.63) is 58.8 Å². The number of ether oxygens (including phenoxy) is 1. The number of benzene rings is 1. The van der Waals surface area contributed by atoms with Crippen LogP contribution in [0.15, 0.2) is 52.4 Å². The van der Waals surface area contributed by atoms with Gasteiger partial charge in [0.1, 0.15) is 23.4 Å². The Morgan fingerprint density at radius 3 is 2.77 bits per heavy atom. The number of aliphatic hydroxyl groups excluding tert-OH is 2. The maximum absolute atomic E-state index is 13.3. The minimum Gasteiger partial charge on any atom is -0.511 e. The fourth-order valence-electron chi connectivity index (χ4n) is 3.26. The van der Waals surface area contributed by atoms with Gasteiger partial charge in [-0.25, -0.2) is 4.39 Å². The number of amides is 1. The van der Waals surface area contributed by atoms with Crippen molar-refractivity contribution in [2.75, 3.05) is 32.8 Å². The van der Waals surface area contributed by atoms with Gasteiger partial charge in [-0.2, -0.15) is 0 Å². The third kappa shape index (κ3) is 8.15. The van der Waals surface area contributed by atoms with Crippen molar-refractivity contribution < 1.29 is 24.1 Å². The van der Waals surface area contributed by atoms with Crippen LogP contribution in [0, 0.1) is 5.82 Å². The van der Waals surface area contributed by atoms with Crippen molar-refractivity contribution in [1.29, 1.82) is 0 Å². The Hall–Kier alpha value is -2.71. The lowest BCUT2D eigenvalue weighted by molar-refractivity contribution is -0.125.